The average molecular weight is 571 g/mol. The first-order valence-electron chi connectivity index (χ1n) is 13.0. The third-order valence-corrected chi connectivity index (χ3v) is 6.91. The number of anilines is 2. The van der Waals surface area contributed by atoms with E-state index in [2.05, 4.69) is 41.5 Å². The second kappa shape index (κ2) is 14.4. The van der Waals surface area contributed by atoms with Crippen LogP contribution in [0.3, 0.4) is 0 Å². The smallest absolute Gasteiger partial charge is 0.411 e. The van der Waals surface area contributed by atoms with Gasteiger partial charge in [-0.15, -0.1) is 5.10 Å². The van der Waals surface area contributed by atoms with Crippen LogP contribution in [0.2, 0.25) is 5.02 Å². The molecule has 2 heterocycles. The van der Waals surface area contributed by atoms with Crippen molar-refractivity contribution in [3.05, 3.63) is 65.2 Å². The van der Waals surface area contributed by atoms with E-state index in [1.807, 2.05) is 0 Å². The summed E-state index contributed by atoms with van der Waals surface area (Å²) in [5.74, 6) is -0.292. The van der Waals surface area contributed by atoms with Crippen molar-refractivity contribution in [1.82, 2.24) is 30.8 Å². The number of amides is 2. The van der Waals surface area contributed by atoms with Gasteiger partial charge in [-0.05, 0) is 97.6 Å². The Kier molecular flexibility index (Phi) is 10.4. The van der Waals surface area contributed by atoms with Crippen LogP contribution in [-0.4, -0.2) is 65.0 Å². The van der Waals surface area contributed by atoms with Crippen LogP contribution in [0.15, 0.2) is 48.8 Å². The second-order valence-electron chi connectivity index (χ2n) is 9.46. The summed E-state index contributed by atoms with van der Waals surface area (Å²) in [6, 6.07) is 9.41. The molecule has 2 amide bonds. The molecule has 0 saturated carbocycles. The minimum atomic E-state index is -0.754. The number of carbonyl (C=O) groups is 2. The van der Waals surface area contributed by atoms with Gasteiger partial charge < -0.3 is 20.7 Å². The molecular weight excluding hydrogens is 539 g/mol. The molecule has 4 N–H and O–H groups in total. The van der Waals surface area contributed by atoms with E-state index >= 15 is 0 Å². The SMILES string of the molecule is COC(=O)Nc1ccc(NC[C@H](CCC2CCNCC2)NC(=O)/C=C/c2cc(Cl)ccc2-n2cnnn2)cc1F. The number of hydrogen-bond donors (Lipinski definition) is 4. The maximum atomic E-state index is 14.5. The van der Waals surface area contributed by atoms with Gasteiger partial charge in [-0.25, -0.2) is 9.18 Å². The molecule has 1 saturated heterocycles. The Morgan fingerprint density at radius 3 is 2.80 bits per heavy atom. The van der Waals surface area contributed by atoms with Gasteiger partial charge in [-0.2, -0.15) is 4.68 Å². The van der Waals surface area contributed by atoms with Gasteiger partial charge in [0.25, 0.3) is 0 Å². The molecule has 1 aliphatic heterocycles. The van der Waals surface area contributed by atoms with Crippen molar-refractivity contribution in [1.29, 1.82) is 0 Å². The summed E-state index contributed by atoms with van der Waals surface area (Å²) < 4.78 is 20.5. The molecule has 1 atom stereocenters. The summed E-state index contributed by atoms with van der Waals surface area (Å²) >= 11 is 6.18. The molecular formula is C27H32ClFN8O3. The monoisotopic (exact) mass is 570 g/mol. The van der Waals surface area contributed by atoms with Gasteiger partial charge in [-0.1, -0.05) is 11.6 Å². The van der Waals surface area contributed by atoms with Crippen LogP contribution in [0, 0.1) is 11.7 Å². The quantitative estimate of drug-likeness (QED) is 0.254. The number of carbonyl (C=O) groups excluding carboxylic acids is 2. The number of tetrazole rings is 1. The van der Waals surface area contributed by atoms with E-state index < -0.39 is 11.9 Å². The van der Waals surface area contributed by atoms with Crippen molar-refractivity contribution in [3.8, 4) is 5.69 Å². The highest BCUT2D eigenvalue weighted by Crippen LogP contribution is 2.22. The Balaban J connectivity index is 1.42. The molecule has 40 heavy (non-hydrogen) atoms. The summed E-state index contributed by atoms with van der Waals surface area (Å²) in [5.41, 5.74) is 1.89. The molecule has 0 bridgehead atoms. The minimum absolute atomic E-state index is 0.0142. The van der Waals surface area contributed by atoms with E-state index in [-0.39, 0.29) is 17.6 Å². The molecule has 13 heteroatoms. The molecule has 11 nitrogen and oxygen atoms in total. The average Bonchev–Trinajstić information content (AvgIpc) is 3.50. The predicted molar refractivity (Wildman–Crippen MR) is 151 cm³/mol. The van der Waals surface area contributed by atoms with Gasteiger partial charge in [0.2, 0.25) is 5.91 Å². The number of nitrogens with zero attached hydrogens (tertiary/aromatic N) is 4. The number of piperidine rings is 1. The Labute approximate surface area is 236 Å². The van der Waals surface area contributed by atoms with Crippen LogP contribution in [0.4, 0.5) is 20.6 Å². The van der Waals surface area contributed by atoms with Crippen LogP contribution in [0.1, 0.15) is 31.2 Å². The number of aromatic nitrogens is 4. The molecule has 0 aliphatic carbocycles. The largest absolute Gasteiger partial charge is 0.453 e. The highest BCUT2D eigenvalue weighted by atomic mass is 35.5. The summed E-state index contributed by atoms with van der Waals surface area (Å²) in [4.78, 5) is 24.4. The third kappa shape index (κ3) is 8.48. The minimum Gasteiger partial charge on any atom is -0.453 e. The molecule has 1 aromatic heterocycles. The fraction of sp³-hybridized carbons (Fsp3) is 0.370. The fourth-order valence-electron chi connectivity index (χ4n) is 4.51. The number of rotatable bonds is 11. The van der Waals surface area contributed by atoms with E-state index in [0.29, 0.717) is 34.4 Å². The van der Waals surface area contributed by atoms with Crippen molar-refractivity contribution < 1.29 is 18.7 Å². The molecule has 0 unspecified atom stereocenters. The van der Waals surface area contributed by atoms with Crippen LogP contribution >= 0.6 is 11.6 Å². The van der Waals surface area contributed by atoms with Gasteiger partial charge in [0.15, 0.2) is 0 Å². The van der Waals surface area contributed by atoms with Gasteiger partial charge in [-0.3, -0.25) is 10.1 Å². The van der Waals surface area contributed by atoms with Gasteiger partial charge in [0.1, 0.15) is 12.1 Å². The van der Waals surface area contributed by atoms with Gasteiger partial charge in [0, 0.05) is 34.9 Å². The van der Waals surface area contributed by atoms with E-state index in [1.54, 1.807) is 30.3 Å². The van der Waals surface area contributed by atoms with Crippen LogP contribution in [0.25, 0.3) is 11.8 Å². The molecule has 3 aromatic rings. The lowest BCUT2D eigenvalue weighted by Crippen LogP contribution is -2.39. The summed E-state index contributed by atoms with van der Waals surface area (Å²) in [6.45, 7) is 2.38. The number of nitrogens with one attached hydrogen (secondary N) is 4. The zero-order valence-electron chi connectivity index (χ0n) is 22.1. The Morgan fingerprint density at radius 1 is 1.25 bits per heavy atom. The fourth-order valence-corrected chi connectivity index (χ4v) is 4.70. The molecule has 1 aliphatic rings. The summed E-state index contributed by atoms with van der Waals surface area (Å²) in [5, 5.41) is 23.7. The number of methoxy groups -OCH3 is 1. The van der Waals surface area contributed by atoms with E-state index in [0.717, 1.165) is 38.8 Å². The Hall–Kier alpha value is -4.03. The number of hydrogen-bond acceptors (Lipinski definition) is 8. The maximum absolute atomic E-state index is 14.5. The number of ether oxygens (including phenoxy) is 1. The lowest BCUT2D eigenvalue weighted by molar-refractivity contribution is -0.117. The van der Waals surface area contributed by atoms with Gasteiger partial charge in [0.05, 0.1) is 18.5 Å². The first-order chi connectivity index (χ1) is 19.4. The molecule has 1 fully saturated rings. The Morgan fingerprint density at radius 2 is 2.08 bits per heavy atom. The highest BCUT2D eigenvalue weighted by molar-refractivity contribution is 6.30. The molecule has 212 valence electrons. The normalized spacial score (nSPS) is 14.6. The van der Waals surface area contributed by atoms with Crippen molar-refractivity contribution in [2.45, 2.75) is 31.7 Å². The topological polar surface area (TPSA) is 135 Å². The number of halogens is 2. The third-order valence-electron chi connectivity index (χ3n) is 6.67. The molecule has 4 rings (SSSR count). The standard InChI is InChI=1S/C27H32ClFN8O3/c1-40-27(39)34-24-7-6-21(15-23(24)29)31-16-22(5-2-18-10-12-30-13-11-18)33-26(38)9-3-19-14-20(28)4-8-25(19)37-17-32-35-36-37/h3-4,6-9,14-15,17-18,22,30-31H,2,5,10-13,16H2,1H3,(H,33,38)(H,34,39)/b9-3+/t22-/m0/s1. The summed E-state index contributed by atoms with van der Waals surface area (Å²) in [7, 11) is 1.21. The van der Waals surface area contributed by atoms with Crippen LogP contribution in [-0.2, 0) is 9.53 Å². The Bertz CT molecular complexity index is 1320. The van der Waals surface area contributed by atoms with Gasteiger partial charge >= 0.3 is 6.09 Å². The van der Waals surface area contributed by atoms with E-state index in [1.165, 1.54) is 36.3 Å². The predicted octanol–water partition coefficient (Wildman–Crippen LogP) is 4.02. The van der Waals surface area contributed by atoms with Crippen molar-refractivity contribution in [2.24, 2.45) is 5.92 Å². The number of benzene rings is 2. The van der Waals surface area contributed by atoms with Crippen LogP contribution < -0.4 is 21.3 Å². The van der Waals surface area contributed by atoms with E-state index in [9.17, 15) is 14.0 Å². The molecule has 0 spiro atoms. The summed E-state index contributed by atoms with van der Waals surface area (Å²) in [6.07, 6.45) is 7.74. The first-order valence-corrected chi connectivity index (χ1v) is 13.4. The first kappa shape index (κ1) is 29.0. The van der Waals surface area contributed by atoms with Crippen LogP contribution in [0.5, 0.6) is 0 Å². The van der Waals surface area contributed by atoms with E-state index in [4.69, 9.17) is 11.6 Å². The lowest BCUT2D eigenvalue weighted by atomic mass is 9.91. The molecule has 2 aromatic carbocycles. The second-order valence-corrected chi connectivity index (χ2v) is 9.90. The maximum Gasteiger partial charge on any atom is 0.411 e. The van der Waals surface area contributed by atoms with Crippen molar-refractivity contribution >= 4 is 41.1 Å². The van der Waals surface area contributed by atoms with Crippen molar-refractivity contribution in [3.63, 3.8) is 0 Å². The molecule has 0 radical (unpaired) electrons. The zero-order chi connectivity index (χ0) is 28.3. The van der Waals surface area contributed by atoms with Crippen molar-refractivity contribution in [2.75, 3.05) is 37.4 Å². The highest BCUT2D eigenvalue weighted by Gasteiger charge is 2.18. The lowest BCUT2D eigenvalue weighted by Gasteiger charge is -2.25. The zero-order valence-corrected chi connectivity index (χ0v) is 22.8.